The van der Waals surface area contributed by atoms with E-state index in [2.05, 4.69) is 15.3 Å². The topological polar surface area (TPSA) is 64.1 Å². The number of hydrogen-bond donors (Lipinski definition) is 1. The predicted octanol–water partition coefficient (Wildman–Crippen LogP) is 3.23. The van der Waals surface area contributed by atoms with Gasteiger partial charge in [-0.1, -0.05) is 12.1 Å². The highest BCUT2D eigenvalue weighted by molar-refractivity contribution is 7.99. The summed E-state index contributed by atoms with van der Waals surface area (Å²) in [6, 6.07) is 9.44. The van der Waals surface area contributed by atoms with Crippen molar-refractivity contribution in [3.05, 3.63) is 36.7 Å². The number of nitrogens with one attached hydrogen (secondary N) is 1. The van der Waals surface area contributed by atoms with Crippen LogP contribution in [0.15, 0.2) is 36.7 Å². The van der Waals surface area contributed by atoms with E-state index in [-0.39, 0.29) is 11.8 Å². The van der Waals surface area contributed by atoms with Gasteiger partial charge in [-0.05, 0) is 36.5 Å². The Bertz CT molecular complexity index is 687. The van der Waals surface area contributed by atoms with Crippen LogP contribution in [0.1, 0.15) is 12.8 Å². The maximum absolute atomic E-state index is 12.3. The largest absolute Gasteiger partial charge is 0.496 e. The first-order valence-electron chi connectivity index (χ1n) is 7.62. The summed E-state index contributed by atoms with van der Waals surface area (Å²) in [5, 5.41) is 2.92. The third-order valence-electron chi connectivity index (χ3n) is 3.89. The quantitative estimate of drug-likeness (QED) is 0.933. The summed E-state index contributed by atoms with van der Waals surface area (Å²) in [6.45, 7) is 0. The standard InChI is InChI=1S/C17H19N3O2S/c1-22-15-5-3-2-4-13(15)14-10-16(19-11-18-14)20-17(21)12-6-8-23-9-7-12/h2-5,10-12H,6-9H2,1H3,(H,18,19,20,21). The fraction of sp³-hybridized carbons (Fsp3) is 0.353. The molecule has 0 aliphatic carbocycles. The first kappa shape index (κ1) is 15.8. The molecular weight excluding hydrogens is 310 g/mol. The molecule has 2 heterocycles. The van der Waals surface area contributed by atoms with Gasteiger partial charge in [0.25, 0.3) is 0 Å². The molecule has 1 fully saturated rings. The van der Waals surface area contributed by atoms with E-state index >= 15 is 0 Å². The third kappa shape index (κ3) is 3.82. The number of anilines is 1. The predicted molar refractivity (Wildman–Crippen MR) is 92.7 cm³/mol. The number of hydrogen-bond acceptors (Lipinski definition) is 5. The van der Waals surface area contributed by atoms with E-state index < -0.39 is 0 Å². The van der Waals surface area contributed by atoms with Crippen molar-refractivity contribution >= 4 is 23.5 Å². The summed E-state index contributed by atoms with van der Waals surface area (Å²) < 4.78 is 5.37. The minimum absolute atomic E-state index is 0.0509. The molecular formula is C17H19N3O2S. The smallest absolute Gasteiger partial charge is 0.228 e. The molecule has 23 heavy (non-hydrogen) atoms. The number of carbonyl (C=O) groups excluding carboxylic acids is 1. The molecule has 1 N–H and O–H groups in total. The molecule has 0 unspecified atom stereocenters. The molecule has 0 spiro atoms. The van der Waals surface area contributed by atoms with Gasteiger partial charge in [0.1, 0.15) is 17.9 Å². The van der Waals surface area contributed by atoms with Gasteiger partial charge in [-0.25, -0.2) is 9.97 Å². The van der Waals surface area contributed by atoms with Crippen molar-refractivity contribution in [1.82, 2.24) is 9.97 Å². The lowest BCUT2D eigenvalue weighted by Crippen LogP contribution is -2.26. The van der Waals surface area contributed by atoms with Gasteiger partial charge in [0.15, 0.2) is 0 Å². The molecule has 120 valence electrons. The van der Waals surface area contributed by atoms with Crippen LogP contribution in [0.3, 0.4) is 0 Å². The second kappa shape index (κ2) is 7.46. The molecule has 3 rings (SSSR count). The van der Waals surface area contributed by atoms with Crippen molar-refractivity contribution in [3.8, 4) is 17.0 Å². The van der Waals surface area contributed by atoms with Gasteiger partial charge in [-0.15, -0.1) is 0 Å². The Morgan fingerprint density at radius 1 is 1.26 bits per heavy atom. The van der Waals surface area contributed by atoms with Gasteiger partial charge >= 0.3 is 0 Å². The van der Waals surface area contributed by atoms with Crippen molar-refractivity contribution < 1.29 is 9.53 Å². The maximum Gasteiger partial charge on any atom is 0.228 e. The molecule has 0 bridgehead atoms. The second-order valence-electron chi connectivity index (χ2n) is 5.36. The molecule has 1 aliphatic rings. The van der Waals surface area contributed by atoms with Crippen LogP contribution < -0.4 is 10.1 Å². The van der Waals surface area contributed by atoms with Crippen LogP contribution >= 0.6 is 11.8 Å². The van der Waals surface area contributed by atoms with E-state index in [1.54, 1.807) is 13.2 Å². The Hall–Kier alpha value is -2.08. The summed E-state index contributed by atoms with van der Waals surface area (Å²) >= 11 is 1.91. The number of thioether (sulfide) groups is 1. The summed E-state index contributed by atoms with van der Waals surface area (Å²) in [7, 11) is 1.63. The number of aromatic nitrogens is 2. The highest BCUT2D eigenvalue weighted by Crippen LogP contribution is 2.29. The molecule has 0 radical (unpaired) electrons. The van der Waals surface area contributed by atoms with E-state index in [4.69, 9.17) is 4.74 Å². The summed E-state index contributed by atoms with van der Waals surface area (Å²) in [4.78, 5) is 20.8. The van der Waals surface area contributed by atoms with Gasteiger partial charge in [-0.2, -0.15) is 11.8 Å². The van der Waals surface area contributed by atoms with Gasteiger partial charge in [0, 0.05) is 17.5 Å². The van der Waals surface area contributed by atoms with E-state index in [1.807, 2.05) is 36.0 Å². The Balaban J connectivity index is 1.78. The minimum atomic E-state index is 0.0509. The molecule has 2 aromatic rings. The zero-order valence-electron chi connectivity index (χ0n) is 13.0. The van der Waals surface area contributed by atoms with Crippen LogP contribution in [-0.2, 0) is 4.79 Å². The molecule has 1 saturated heterocycles. The van der Waals surface area contributed by atoms with Crippen molar-refractivity contribution in [2.24, 2.45) is 5.92 Å². The molecule has 5 nitrogen and oxygen atoms in total. The fourth-order valence-electron chi connectivity index (χ4n) is 2.62. The molecule has 6 heteroatoms. The molecule has 1 aliphatic heterocycles. The van der Waals surface area contributed by atoms with E-state index in [0.717, 1.165) is 41.4 Å². The number of rotatable bonds is 4. The molecule has 1 aromatic carbocycles. The average Bonchev–Trinajstić information content (AvgIpc) is 2.62. The molecule has 0 atom stereocenters. The number of carbonyl (C=O) groups is 1. The third-order valence-corrected chi connectivity index (χ3v) is 4.94. The Morgan fingerprint density at radius 2 is 2.04 bits per heavy atom. The van der Waals surface area contributed by atoms with Gasteiger partial charge < -0.3 is 10.1 Å². The lowest BCUT2D eigenvalue weighted by molar-refractivity contribution is -0.120. The van der Waals surface area contributed by atoms with E-state index in [9.17, 15) is 4.79 Å². The Morgan fingerprint density at radius 3 is 2.83 bits per heavy atom. The average molecular weight is 329 g/mol. The number of methoxy groups -OCH3 is 1. The zero-order chi connectivity index (χ0) is 16.1. The first-order chi connectivity index (χ1) is 11.3. The van der Waals surface area contributed by atoms with Crippen LogP contribution in [0.2, 0.25) is 0 Å². The SMILES string of the molecule is COc1ccccc1-c1cc(NC(=O)C2CCSCC2)ncn1. The van der Waals surface area contributed by atoms with Gasteiger partial charge in [-0.3, -0.25) is 4.79 Å². The lowest BCUT2D eigenvalue weighted by atomic mass is 10.0. The number of para-hydroxylation sites is 1. The molecule has 1 aromatic heterocycles. The Labute approximate surface area is 139 Å². The van der Waals surface area contributed by atoms with Gasteiger partial charge in [0.05, 0.1) is 12.8 Å². The van der Waals surface area contributed by atoms with Gasteiger partial charge in [0.2, 0.25) is 5.91 Å². The monoisotopic (exact) mass is 329 g/mol. The highest BCUT2D eigenvalue weighted by Gasteiger charge is 2.21. The maximum atomic E-state index is 12.3. The van der Waals surface area contributed by atoms with Crippen molar-refractivity contribution in [1.29, 1.82) is 0 Å². The lowest BCUT2D eigenvalue weighted by Gasteiger charge is -2.20. The zero-order valence-corrected chi connectivity index (χ0v) is 13.8. The first-order valence-corrected chi connectivity index (χ1v) is 8.77. The van der Waals surface area contributed by atoms with Crippen molar-refractivity contribution in [3.63, 3.8) is 0 Å². The minimum Gasteiger partial charge on any atom is -0.496 e. The number of ether oxygens (including phenoxy) is 1. The van der Waals surface area contributed by atoms with Crippen LogP contribution in [-0.4, -0.2) is 34.5 Å². The highest BCUT2D eigenvalue weighted by atomic mass is 32.2. The van der Waals surface area contributed by atoms with Crippen molar-refractivity contribution in [2.45, 2.75) is 12.8 Å². The van der Waals surface area contributed by atoms with Crippen LogP contribution in [0.25, 0.3) is 11.3 Å². The van der Waals surface area contributed by atoms with Crippen LogP contribution in [0.5, 0.6) is 5.75 Å². The number of benzene rings is 1. The van der Waals surface area contributed by atoms with E-state index in [1.165, 1.54) is 6.33 Å². The molecule has 0 saturated carbocycles. The number of nitrogens with zero attached hydrogens (tertiary/aromatic N) is 2. The van der Waals surface area contributed by atoms with Crippen molar-refractivity contribution in [2.75, 3.05) is 23.9 Å². The van der Waals surface area contributed by atoms with E-state index in [0.29, 0.717) is 5.82 Å². The summed E-state index contributed by atoms with van der Waals surface area (Å²) in [5.74, 6) is 3.51. The second-order valence-corrected chi connectivity index (χ2v) is 6.59. The molecule has 1 amide bonds. The summed E-state index contributed by atoms with van der Waals surface area (Å²) in [6.07, 6.45) is 3.33. The number of amides is 1. The Kier molecular flexibility index (Phi) is 5.12. The fourth-order valence-corrected chi connectivity index (χ4v) is 3.72. The van der Waals surface area contributed by atoms with Crippen LogP contribution in [0.4, 0.5) is 5.82 Å². The summed E-state index contributed by atoms with van der Waals surface area (Å²) in [5.41, 5.74) is 1.61. The van der Waals surface area contributed by atoms with Crippen LogP contribution in [0, 0.1) is 5.92 Å². The normalized spacial score (nSPS) is 15.2.